The molecule has 2 amide bonds. The third-order valence-electron chi connectivity index (χ3n) is 4.29. The van der Waals surface area contributed by atoms with E-state index >= 15 is 0 Å². The number of benzene rings is 1. The number of hydrogen-bond donors (Lipinski definition) is 3. The first-order valence-electron chi connectivity index (χ1n) is 8.91. The lowest BCUT2D eigenvalue weighted by Crippen LogP contribution is -2.24. The van der Waals surface area contributed by atoms with Crippen LogP contribution in [-0.2, 0) is 4.79 Å². The summed E-state index contributed by atoms with van der Waals surface area (Å²) in [6, 6.07) is 13.9. The van der Waals surface area contributed by atoms with E-state index in [1.807, 2.05) is 17.5 Å². The van der Waals surface area contributed by atoms with E-state index < -0.39 is 6.04 Å². The minimum atomic E-state index is -0.456. The highest BCUT2D eigenvalue weighted by atomic mass is 32.1. The minimum absolute atomic E-state index is 0.204. The van der Waals surface area contributed by atoms with Gasteiger partial charge in [0.1, 0.15) is 6.04 Å². The summed E-state index contributed by atoms with van der Waals surface area (Å²) in [4.78, 5) is 25.9. The second-order valence-electron chi connectivity index (χ2n) is 6.33. The van der Waals surface area contributed by atoms with Crippen LogP contribution in [0.4, 0.5) is 11.4 Å². The Kier molecular flexibility index (Phi) is 5.21. The molecule has 3 N–H and O–H groups in total. The first-order valence-corrected chi connectivity index (χ1v) is 9.79. The quantitative estimate of drug-likeness (QED) is 0.453. The summed E-state index contributed by atoms with van der Waals surface area (Å²) in [5, 5.41) is 18.6. The van der Waals surface area contributed by atoms with Crippen LogP contribution >= 0.6 is 11.3 Å². The SMILES string of the molecule is CC(C(=O)Nc1cccc(NC(=O)c2cc(-c3cccs3)[nH]n2)c1)n1cccn1. The molecule has 0 saturated heterocycles. The fourth-order valence-electron chi connectivity index (χ4n) is 2.74. The zero-order valence-electron chi connectivity index (χ0n) is 15.5. The van der Waals surface area contributed by atoms with Gasteiger partial charge < -0.3 is 10.6 Å². The van der Waals surface area contributed by atoms with Gasteiger partial charge in [0.25, 0.3) is 5.91 Å². The molecule has 0 bridgehead atoms. The standard InChI is InChI=1S/C20H18N6O2S/c1-13(26-9-4-8-21-26)19(27)22-14-5-2-6-15(11-14)23-20(28)17-12-16(24-25-17)18-7-3-10-29-18/h2-13H,1H3,(H,22,27)(H,23,28)(H,24,25). The van der Waals surface area contributed by atoms with Crippen LogP contribution in [-0.4, -0.2) is 31.8 Å². The number of aromatic amines is 1. The molecular weight excluding hydrogens is 388 g/mol. The second-order valence-corrected chi connectivity index (χ2v) is 7.28. The normalized spacial score (nSPS) is 11.8. The van der Waals surface area contributed by atoms with Crippen molar-refractivity contribution in [1.82, 2.24) is 20.0 Å². The molecule has 0 aliphatic rings. The number of hydrogen-bond acceptors (Lipinski definition) is 5. The number of carbonyl (C=O) groups is 2. The van der Waals surface area contributed by atoms with E-state index in [2.05, 4.69) is 25.9 Å². The van der Waals surface area contributed by atoms with Gasteiger partial charge in [-0.1, -0.05) is 12.1 Å². The number of rotatable bonds is 6. The van der Waals surface area contributed by atoms with Gasteiger partial charge in [0, 0.05) is 23.8 Å². The van der Waals surface area contributed by atoms with Crippen molar-refractivity contribution in [3.8, 4) is 10.6 Å². The van der Waals surface area contributed by atoms with E-state index in [-0.39, 0.29) is 17.5 Å². The van der Waals surface area contributed by atoms with Gasteiger partial charge in [-0.15, -0.1) is 11.3 Å². The minimum Gasteiger partial charge on any atom is -0.324 e. The van der Waals surface area contributed by atoms with E-state index in [4.69, 9.17) is 0 Å². The molecule has 0 saturated carbocycles. The van der Waals surface area contributed by atoms with Gasteiger partial charge in [-0.05, 0) is 48.7 Å². The van der Waals surface area contributed by atoms with Gasteiger partial charge in [0.05, 0.1) is 10.6 Å². The number of H-pyrrole nitrogens is 1. The summed E-state index contributed by atoms with van der Waals surface area (Å²) in [5.41, 5.74) is 2.21. The Hall–Kier alpha value is -3.72. The Bertz CT molecular complexity index is 1120. The molecule has 4 rings (SSSR count). The Morgan fingerprint density at radius 1 is 1.10 bits per heavy atom. The van der Waals surface area contributed by atoms with Crippen molar-refractivity contribution in [2.24, 2.45) is 0 Å². The van der Waals surface area contributed by atoms with Crippen molar-refractivity contribution in [2.75, 3.05) is 10.6 Å². The third kappa shape index (κ3) is 4.25. The largest absolute Gasteiger partial charge is 0.324 e. The van der Waals surface area contributed by atoms with Crippen LogP contribution in [0.25, 0.3) is 10.6 Å². The molecular formula is C20H18N6O2S. The summed E-state index contributed by atoms with van der Waals surface area (Å²) in [5.74, 6) is -0.539. The highest BCUT2D eigenvalue weighted by Gasteiger charge is 2.16. The Morgan fingerprint density at radius 2 is 1.93 bits per heavy atom. The maximum absolute atomic E-state index is 12.5. The number of carbonyl (C=O) groups excluding carboxylic acids is 2. The van der Waals surface area contributed by atoms with Crippen LogP contribution in [0, 0.1) is 0 Å². The van der Waals surface area contributed by atoms with Crippen LogP contribution in [0.2, 0.25) is 0 Å². The van der Waals surface area contributed by atoms with E-state index in [9.17, 15) is 9.59 Å². The van der Waals surface area contributed by atoms with Crippen molar-refractivity contribution in [1.29, 1.82) is 0 Å². The number of amides is 2. The average molecular weight is 406 g/mol. The molecule has 9 heteroatoms. The molecule has 29 heavy (non-hydrogen) atoms. The number of aromatic nitrogens is 4. The van der Waals surface area contributed by atoms with Crippen molar-refractivity contribution >= 4 is 34.5 Å². The van der Waals surface area contributed by atoms with Gasteiger partial charge >= 0.3 is 0 Å². The highest BCUT2D eigenvalue weighted by Crippen LogP contribution is 2.23. The average Bonchev–Trinajstić information content (AvgIpc) is 3.49. The van der Waals surface area contributed by atoms with E-state index in [1.54, 1.807) is 71.7 Å². The zero-order valence-corrected chi connectivity index (χ0v) is 16.3. The smallest absolute Gasteiger partial charge is 0.276 e. The van der Waals surface area contributed by atoms with Crippen molar-refractivity contribution in [2.45, 2.75) is 13.0 Å². The molecule has 0 aliphatic heterocycles. The number of nitrogens with zero attached hydrogens (tertiary/aromatic N) is 3. The number of thiophene rings is 1. The lowest BCUT2D eigenvalue weighted by Gasteiger charge is -2.13. The molecule has 3 aromatic heterocycles. The monoisotopic (exact) mass is 406 g/mol. The molecule has 0 fully saturated rings. The molecule has 0 aliphatic carbocycles. The fraction of sp³-hybridized carbons (Fsp3) is 0.100. The lowest BCUT2D eigenvalue weighted by molar-refractivity contribution is -0.119. The molecule has 1 atom stereocenters. The fourth-order valence-corrected chi connectivity index (χ4v) is 3.43. The van der Waals surface area contributed by atoms with Crippen LogP contribution < -0.4 is 10.6 Å². The predicted octanol–water partition coefficient (Wildman–Crippen LogP) is 3.79. The molecule has 1 aromatic carbocycles. The van der Waals surface area contributed by atoms with Gasteiger partial charge in [0.15, 0.2) is 5.69 Å². The summed E-state index contributed by atoms with van der Waals surface area (Å²) < 4.78 is 1.57. The van der Waals surface area contributed by atoms with Crippen LogP contribution in [0.1, 0.15) is 23.5 Å². The first-order chi connectivity index (χ1) is 14.1. The maximum atomic E-state index is 12.5. The molecule has 146 valence electrons. The summed E-state index contributed by atoms with van der Waals surface area (Å²) in [7, 11) is 0. The highest BCUT2D eigenvalue weighted by molar-refractivity contribution is 7.13. The van der Waals surface area contributed by atoms with Crippen molar-refractivity contribution in [3.63, 3.8) is 0 Å². The van der Waals surface area contributed by atoms with E-state index in [0.717, 1.165) is 10.6 Å². The predicted molar refractivity (Wildman–Crippen MR) is 112 cm³/mol. The molecule has 0 spiro atoms. The first kappa shape index (κ1) is 18.6. The summed E-state index contributed by atoms with van der Waals surface area (Å²) >= 11 is 1.56. The van der Waals surface area contributed by atoms with Crippen LogP contribution in [0.15, 0.2) is 66.3 Å². The second kappa shape index (κ2) is 8.11. The Balaban J connectivity index is 1.42. The lowest BCUT2D eigenvalue weighted by atomic mass is 10.2. The molecule has 0 radical (unpaired) electrons. The molecule has 4 aromatic rings. The Morgan fingerprint density at radius 3 is 2.66 bits per heavy atom. The summed E-state index contributed by atoms with van der Waals surface area (Å²) in [6.45, 7) is 1.76. The van der Waals surface area contributed by atoms with Gasteiger partial charge in [-0.3, -0.25) is 19.4 Å². The number of anilines is 2. The maximum Gasteiger partial charge on any atom is 0.276 e. The van der Waals surface area contributed by atoms with Gasteiger partial charge in [0.2, 0.25) is 5.91 Å². The molecule has 8 nitrogen and oxygen atoms in total. The van der Waals surface area contributed by atoms with Gasteiger partial charge in [-0.25, -0.2) is 0 Å². The van der Waals surface area contributed by atoms with Crippen molar-refractivity contribution in [3.05, 3.63) is 72.0 Å². The van der Waals surface area contributed by atoms with E-state index in [0.29, 0.717) is 11.4 Å². The number of nitrogens with one attached hydrogen (secondary N) is 3. The zero-order chi connectivity index (χ0) is 20.2. The Labute approximate surface area is 170 Å². The van der Waals surface area contributed by atoms with Crippen LogP contribution in [0.3, 0.4) is 0 Å². The topological polar surface area (TPSA) is 105 Å². The third-order valence-corrected chi connectivity index (χ3v) is 5.19. The molecule has 1 unspecified atom stereocenters. The van der Waals surface area contributed by atoms with Crippen molar-refractivity contribution < 1.29 is 9.59 Å². The van der Waals surface area contributed by atoms with Gasteiger partial charge in [-0.2, -0.15) is 10.2 Å². The summed E-state index contributed by atoms with van der Waals surface area (Å²) in [6.07, 6.45) is 3.36. The van der Waals surface area contributed by atoms with Crippen LogP contribution in [0.5, 0.6) is 0 Å². The molecule has 3 heterocycles. The van der Waals surface area contributed by atoms with E-state index in [1.165, 1.54) is 0 Å².